The van der Waals surface area contributed by atoms with E-state index in [4.69, 9.17) is 4.42 Å². The number of carbonyl (C=O) groups excluding carboxylic acids is 2. The molecule has 1 atom stereocenters. The second kappa shape index (κ2) is 7.38. The Morgan fingerprint density at radius 2 is 2.00 bits per heavy atom. The minimum atomic E-state index is -0.288. The summed E-state index contributed by atoms with van der Waals surface area (Å²) in [7, 11) is 1.63. The number of rotatable bonds is 5. The molecule has 2 amide bonds. The van der Waals surface area contributed by atoms with Gasteiger partial charge >= 0.3 is 0 Å². The molecule has 3 heterocycles. The molecule has 1 saturated heterocycles. The number of aryl methyl sites for hydroxylation is 1. The lowest BCUT2D eigenvalue weighted by molar-refractivity contribution is 0.0422. The lowest BCUT2D eigenvalue weighted by Gasteiger charge is -2.42. The zero-order valence-electron chi connectivity index (χ0n) is 15.9. The first kappa shape index (κ1) is 18.9. The highest BCUT2D eigenvalue weighted by molar-refractivity contribution is 5.95. The molecule has 1 unspecified atom stereocenters. The fourth-order valence-corrected chi connectivity index (χ4v) is 3.07. The van der Waals surface area contributed by atoms with Crippen LogP contribution in [-0.2, 0) is 7.05 Å². The monoisotopic (exact) mass is 372 g/mol. The molecule has 8 nitrogen and oxygen atoms in total. The van der Waals surface area contributed by atoms with E-state index in [9.17, 15) is 14.4 Å². The van der Waals surface area contributed by atoms with Crippen molar-refractivity contribution in [3.63, 3.8) is 0 Å². The van der Waals surface area contributed by atoms with Crippen LogP contribution in [0.2, 0.25) is 0 Å². The molecule has 1 aliphatic rings. The second-order valence-electron chi connectivity index (χ2n) is 7.32. The highest BCUT2D eigenvalue weighted by atomic mass is 16.3. The SMILES string of the molecule is CC(C)c1ocnc1C(=O)N1CC(C(C)NC(=O)c2ccn(C)c(=O)c2)C1. The van der Waals surface area contributed by atoms with Crippen molar-refractivity contribution in [1.82, 2.24) is 19.8 Å². The van der Waals surface area contributed by atoms with Gasteiger partial charge in [0, 0.05) is 55.8 Å². The standard InChI is InChI=1S/C19H24N4O4/c1-11(2)17-16(20-10-27-17)19(26)23-8-14(9-23)12(3)21-18(25)13-5-6-22(4)15(24)7-13/h5-7,10-12,14H,8-9H2,1-4H3,(H,21,25). The van der Waals surface area contributed by atoms with E-state index in [0.717, 1.165) is 0 Å². The van der Waals surface area contributed by atoms with Crippen LogP contribution in [0.3, 0.4) is 0 Å². The van der Waals surface area contributed by atoms with Gasteiger partial charge in [-0.15, -0.1) is 0 Å². The van der Waals surface area contributed by atoms with E-state index in [1.807, 2.05) is 20.8 Å². The van der Waals surface area contributed by atoms with E-state index in [1.165, 1.54) is 17.0 Å². The molecule has 144 valence electrons. The summed E-state index contributed by atoms with van der Waals surface area (Å²) in [4.78, 5) is 42.3. The van der Waals surface area contributed by atoms with Gasteiger partial charge in [-0.1, -0.05) is 13.8 Å². The number of amides is 2. The van der Waals surface area contributed by atoms with Crippen LogP contribution in [0.5, 0.6) is 0 Å². The van der Waals surface area contributed by atoms with Gasteiger partial charge in [-0.2, -0.15) is 0 Å². The maximum Gasteiger partial charge on any atom is 0.276 e. The number of oxazole rings is 1. The number of hydrogen-bond acceptors (Lipinski definition) is 5. The summed E-state index contributed by atoms with van der Waals surface area (Å²) in [6, 6.07) is 2.81. The number of nitrogens with zero attached hydrogens (tertiary/aromatic N) is 3. The predicted molar refractivity (Wildman–Crippen MR) is 98.6 cm³/mol. The van der Waals surface area contributed by atoms with Crippen LogP contribution < -0.4 is 10.9 Å². The van der Waals surface area contributed by atoms with E-state index < -0.39 is 0 Å². The van der Waals surface area contributed by atoms with Crippen molar-refractivity contribution in [3.8, 4) is 0 Å². The zero-order chi connectivity index (χ0) is 19.7. The highest BCUT2D eigenvalue weighted by Crippen LogP contribution is 2.25. The molecule has 0 bridgehead atoms. The Balaban J connectivity index is 1.56. The smallest absolute Gasteiger partial charge is 0.276 e. The number of hydrogen-bond donors (Lipinski definition) is 1. The molecule has 1 N–H and O–H groups in total. The molecule has 27 heavy (non-hydrogen) atoms. The Bertz CT molecular complexity index is 908. The van der Waals surface area contributed by atoms with Crippen molar-refractivity contribution in [2.45, 2.75) is 32.7 Å². The first-order chi connectivity index (χ1) is 12.8. The minimum absolute atomic E-state index is 0.0836. The molecule has 0 aliphatic carbocycles. The summed E-state index contributed by atoms with van der Waals surface area (Å²) in [5.41, 5.74) is 0.464. The van der Waals surface area contributed by atoms with Crippen molar-refractivity contribution in [1.29, 1.82) is 0 Å². The molecular formula is C19H24N4O4. The van der Waals surface area contributed by atoms with E-state index in [0.29, 0.717) is 30.1 Å². The summed E-state index contributed by atoms with van der Waals surface area (Å²) >= 11 is 0. The Morgan fingerprint density at radius 3 is 2.63 bits per heavy atom. The summed E-state index contributed by atoms with van der Waals surface area (Å²) in [6.07, 6.45) is 2.86. The van der Waals surface area contributed by atoms with Gasteiger partial charge in [-0.3, -0.25) is 14.4 Å². The molecule has 2 aromatic heterocycles. The molecule has 3 rings (SSSR count). The van der Waals surface area contributed by atoms with Gasteiger partial charge in [0.1, 0.15) is 5.76 Å². The number of likely N-dealkylation sites (tertiary alicyclic amines) is 1. The number of nitrogens with one attached hydrogen (secondary N) is 1. The number of carbonyl (C=O) groups is 2. The third-order valence-corrected chi connectivity index (χ3v) is 4.95. The highest BCUT2D eigenvalue weighted by Gasteiger charge is 2.37. The Hall–Kier alpha value is -2.90. The normalized spacial score (nSPS) is 15.5. The second-order valence-corrected chi connectivity index (χ2v) is 7.32. The van der Waals surface area contributed by atoms with Crippen LogP contribution in [0.1, 0.15) is 53.3 Å². The van der Waals surface area contributed by atoms with Crippen LogP contribution in [0.15, 0.2) is 33.9 Å². The topological polar surface area (TPSA) is 97.4 Å². The van der Waals surface area contributed by atoms with Gasteiger partial charge in [0.2, 0.25) is 0 Å². The summed E-state index contributed by atoms with van der Waals surface area (Å²) in [5, 5.41) is 2.91. The quantitative estimate of drug-likeness (QED) is 0.855. The van der Waals surface area contributed by atoms with Crippen LogP contribution in [-0.4, -0.2) is 45.4 Å². The van der Waals surface area contributed by atoms with Crippen LogP contribution >= 0.6 is 0 Å². The fraction of sp³-hybridized carbons (Fsp3) is 0.474. The maximum atomic E-state index is 12.6. The zero-order valence-corrected chi connectivity index (χ0v) is 15.9. The molecule has 0 radical (unpaired) electrons. The molecule has 0 saturated carbocycles. The first-order valence-electron chi connectivity index (χ1n) is 8.98. The minimum Gasteiger partial charge on any atom is -0.447 e. The molecule has 2 aromatic rings. The molecule has 1 fully saturated rings. The van der Waals surface area contributed by atoms with Crippen LogP contribution in [0.4, 0.5) is 0 Å². The van der Waals surface area contributed by atoms with E-state index >= 15 is 0 Å². The van der Waals surface area contributed by atoms with E-state index in [2.05, 4.69) is 10.3 Å². The van der Waals surface area contributed by atoms with Gasteiger partial charge in [0.25, 0.3) is 17.4 Å². The van der Waals surface area contributed by atoms with Crippen molar-refractivity contribution in [3.05, 3.63) is 52.1 Å². The fourth-order valence-electron chi connectivity index (χ4n) is 3.07. The number of aromatic nitrogens is 2. The lowest BCUT2D eigenvalue weighted by atomic mass is 9.91. The van der Waals surface area contributed by atoms with Gasteiger partial charge in [0.15, 0.2) is 12.1 Å². The van der Waals surface area contributed by atoms with Crippen molar-refractivity contribution >= 4 is 11.8 Å². The molecule has 8 heteroatoms. The van der Waals surface area contributed by atoms with Gasteiger partial charge < -0.3 is 19.2 Å². The Labute approximate surface area is 157 Å². The van der Waals surface area contributed by atoms with Crippen molar-refractivity contribution in [2.75, 3.05) is 13.1 Å². The molecule has 0 aromatic carbocycles. The van der Waals surface area contributed by atoms with Crippen LogP contribution in [0.25, 0.3) is 0 Å². The van der Waals surface area contributed by atoms with E-state index in [-0.39, 0.29) is 35.3 Å². The average Bonchev–Trinajstić information content (AvgIpc) is 3.05. The molecular weight excluding hydrogens is 348 g/mol. The Kier molecular flexibility index (Phi) is 5.16. The average molecular weight is 372 g/mol. The number of pyridine rings is 1. The Morgan fingerprint density at radius 1 is 1.30 bits per heavy atom. The third-order valence-electron chi connectivity index (χ3n) is 4.95. The van der Waals surface area contributed by atoms with Crippen LogP contribution in [0, 0.1) is 5.92 Å². The summed E-state index contributed by atoms with van der Waals surface area (Å²) in [6.45, 7) is 6.89. The lowest BCUT2D eigenvalue weighted by Crippen LogP contribution is -2.57. The van der Waals surface area contributed by atoms with E-state index in [1.54, 1.807) is 24.2 Å². The molecule has 1 aliphatic heterocycles. The molecule has 0 spiro atoms. The van der Waals surface area contributed by atoms with Crippen molar-refractivity contribution < 1.29 is 14.0 Å². The first-order valence-corrected chi connectivity index (χ1v) is 8.98. The van der Waals surface area contributed by atoms with Gasteiger partial charge in [-0.05, 0) is 13.0 Å². The third kappa shape index (κ3) is 3.79. The largest absolute Gasteiger partial charge is 0.447 e. The predicted octanol–water partition coefficient (Wildman–Crippen LogP) is 1.39. The summed E-state index contributed by atoms with van der Waals surface area (Å²) in [5.74, 6) is 0.395. The maximum absolute atomic E-state index is 12.6. The van der Waals surface area contributed by atoms with Gasteiger partial charge in [0.05, 0.1) is 0 Å². The summed E-state index contributed by atoms with van der Waals surface area (Å²) < 4.78 is 6.72. The van der Waals surface area contributed by atoms with Gasteiger partial charge in [-0.25, -0.2) is 4.98 Å². The van der Waals surface area contributed by atoms with Crippen molar-refractivity contribution in [2.24, 2.45) is 13.0 Å².